The predicted molar refractivity (Wildman–Crippen MR) is 51.8 cm³/mol. The van der Waals surface area contributed by atoms with E-state index in [0.29, 0.717) is 29.0 Å². The Hall–Kier alpha value is -1.48. The minimum absolute atomic E-state index is 0.354. The minimum Gasteiger partial charge on any atom is -0.383 e. The lowest BCUT2D eigenvalue weighted by atomic mass is 10.5. The molecule has 68 valence electrons. The number of nitriles is 1. The fraction of sp³-hybridized carbons (Fsp3) is 0.286. The topological polar surface area (TPSA) is 102 Å². The standard InChI is InChI=1S/C7H9N5S/c8-2-1-3-13-7-11-5(9)4-6(10)12-7/h4H,1,3H2,(H4,9,10,11,12). The van der Waals surface area contributed by atoms with E-state index in [1.807, 2.05) is 6.07 Å². The molecule has 0 saturated carbocycles. The molecule has 0 saturated heterocycles. The number of nitrogen functional groups attached to an aromatic ring is 2. The van der Waals surface area contributed by atoms with Crippen molar-refractivity contribution in [2.45, 2.75) is 11.6 Å². The van der Waals surface area contributed by atoms with Gasteiger partial charge in [-0.25, -0.2) is 9.97 Å². The van der Waals surface area contributed by atoms with Crippen LogP contribution in [0.3, 0.4) is 0 Å². The van der Waals surface area contributed by atoms with E-state index in [2.05, 4.69) is 9.97 Å². The monoisotopic (exact) mass is 195 g/mol. The highest BCUT2D eigenvalue weighted by Gasteiger charge is 2.00. The van der Waals surface area contributed by atoms with Crippen LogP contribution < -0.4 is 11.5 Å². The number of hydrogen-bond donors (Lipinski definition) is 2. The molecule has 1 rings (SSSR count). The van der Waals surface area contributed by atoms with E-state index in [0.717, 1.165) is 0 Å². The first-order valence-corrected chi connectivity index (χ1v) is 4.60. The van der Waals surface area contributed by atoms with Crippen LogP contribution in [0, 0.1) is 11.3 Å². The Labute approximate surface area is 80.2 Å². The molecule has 5 nitrogen and oxygen atoms in total. The molecule has 0 atom stereocenters. The first-order valence-electron chi connectivity index (χ1n) is 3.62. The number of nitrogens with zero attached hydrogens (tertiary/aromatic N) is 3. The Balaban J connectivity index is 2.62. The fourth-order valence-electron chi connectivity index (χ4n) is 0.714. The second-order valence-electron chi connectivity index (χ2n) is 2.26. The van der Waals surface area contributed by atoms with Crippen molar-refractivity contribution in [3.05, 3.63) is 6.07 Å². The molecule has 0 spiro atoms. The summed E-state index contributed by atoms with van der Waals surface area (Å²) in [4.78, 5) is 7.89. The van der Waals surface area contributed by atoms with Crippen molar-refractivity contribution < 1.29 is 0 Å². The molecule has 1 aromatic heterocycles. The number of anilines is 2. The predicted octanol–water partition coefficient (Wildman–Crippen LogP) is 0.647. The molecule has 0 bridgehead atoms. The molecule has 0 unspecified atom stereocenters. The Kier molecular flexibility index (Phi) is 3.34. The van der Waals surface area contributed by atoms with Crippen molar-refractivity contribution in [1.82, 2.24) is 9.97 Å². The fourth-order valence-corrected chi connectivity index (χ4v) is 1.43. The summed E-state index contributed by atoms with van der Waals surface area (Å²) in [6.07, 6.45) is 0.461. The largest absolute Gasteiger partial charge is 0.383 e. The molecule has 0 aliphatic carbocycles. The molecule has 4 N–H and O–H groups in total. The maximum Gasteiger partial charge on any atom is 0.191 e. The van der Waals surface area contributed by atoms with Crippen LogP contribution >= 0.6 is 11.8 Å². The van der Waals surface area contributed by atoms with Gasteiger partial charge in [-0.05, 0) is 0 Å². The molecule has 0 radical (unpaired) electrons. The van der Waals surface area contributed by atoms with E-state index in [9.17, 15) is 0 Å². The van der Waals surface area contributed by atoms with Gasteiger partial charge < -0.3 is 11.5 Å². The lowest BCUT2D eigenvalue weighted by Crippen LogP contribution is -1.99. The van der Waals surface area contributed by atoms with Crippen LogP contribution in [0.4, 0.5) is 11.6 Å². The Morgan fingerprint density at radius 2 is 2.00 bits per heavy atom. The van der Waals surface area contributed by atoms with Gasteiger partial charge in [0.25, 0.3) is 0 Å². The third-order valence-corrected chi connectivity index (χ3v) is 2.04. The van der Waals surface area contributed by atoms with Crippen molar-refractivity contribution in [3.63, 3.8) is 0 Å². The quantitative estimate of drug-likeness (QED) is 0.417. The maximum atomic E-state index is 8.30. The minimum atomic E-state index is 0.354. The van der Waals surface area contributed by atoms with Crippen molar-refractivity contribution in [2.75, 3.05) is 17.2 Å². The van der Waals surface area contributed by atoms with Gasteiger partial charge in [0.05, 0.1) is 6.07 Å². The maximum absolute atomic E-state index is 8.30. The summed E-state index contributed by atoms with van der Waals surface area (Å²) in [5.41, 5.74) is 10.9. The third-order valence-electron chi connectivity index (χ3n) is 1.19. The SMILES string of the molecule is N#CCCSc1nc(N)cc(N)n1. The summed E-state index contributed by atoms with van der Waals surface area (Å²) in [5, 5.41) is 8.82. The van der Waals surface area contributed by atoms with Gasteiger partial charge in [0, 0.05) is 18.2 Å². The number of hydrogen-bond acceptors (Lipinski definition) is 6. The average Bonchev–Trinajstić information content (AvgIpc) is 2.03. The van der Waals surface area contributed by atoms with E-state index in [4.69, 9.17) is 16.7 Å². The molecule has 1 aromatic rings. The molecule has 1 heterocycles. The third kappa shape index (κ3) is 3.17. The number of rotatable bonds is 3. The lowest BCUT2D eigenvalue weighted by Gasteiger charge is -1.99. The van der Waals surface area contributed by atoms with Crippen LogP contribution in [-0.4, -0.2) is 15.7 Å². The van der Waals surface area contributed by atoms with Crippen LogP contribution in [0.1, 0.15) is 6.42 Å². The second-order valence-corrected chi connectivity index (χ2v) is 3.32. The van der Waals surface area contributed by atoms with Gasteiger partial charge in [0.15, 0.2) is 5.16 Å². The van der Waals surface area contributed by atoms with Gasteiger partial charge in [-0.15, -0.1) is 0 Å². The summed E-state index contributed by atoms with van der Waals surface area (Å²) in [6, 6.07) is 3.52. The molecule has 6 heteroatoms. The van der Waals surface area contributed by atoms with Gasteiger partial charge in [0.1, 0.15) is 11.6 Å². The first-order chi connectivity index (χ1) is 6.22. The van der Waals surface area contributed by atoms with Crippen LogP contribution in [-0.2, 0) is 0 Å². The zero-order chi connectivity index (χ0) is 9.68. The molecule has 0 aliphatic rings. The van der Waals surface area contributed by atoms with Crippen molar-refractivity contribution >= 4 is 23.4 Å². The average molecular weight is 195 g/mol. The molecule has 0 aromatic carbocycles. The molecular formula is C7H9N5S. The van der Waals surface area contributed by atoms with Crippen LogP contribution in [0.25, 0.3) is 0 Å². The smallest absolute Gasteiger partial charge is 0.191 e. The van der Waals surface area contributed by atoms with Gasteiger partial charge in [-0.1, -0.05) is 11.8 Å². The van der Waals surface area contributed by atoms with Crippen LogP contribution in [0.5, 0.6) is 0 Å². The molecular weight excluding hydrogens is 186 g/mol. The molecule has 0 fully saturated rings. The number of thioether (sulfide) groups is 1. The van der Waals surface area contributed by atoms with Gasteiger partial charge in [-0.3, -0.25) is 0 Å². The van der Waals surface area contributed by atoms with Crippen LogP contribution in [0.15, 0.2) is 11.2 Å². The zero-order valence-corrected chi connectivity index (χ0v) is 7.71. The zero-order valence-electron chi connectivity index (χ0n) is 6.90. The lowest BCUT2D eigenvalue weighted by molar-refractivity contribution is 0.983. The summed E-state index contributed by atoms with van der Waals surface area (Å²) >= 11 is 1.37. The number of nitrogens with two attached hydrogens (primary N) is 2. The Morgan fingerprint density at radius 1 is 1.38 bits per heavy atom. The van der Waals surface area contributed by atoms with Crippen molar-refractivity contribution in [2.24, 2.45) is 0 Å². The van der Waals surface area contributed by atoms with E-state index in [1.54, 1.807) is 0 Å². The van der Waals surface area contributed by atoms with Gasteiger partial charge in [0.2, 0.25) is 0 Å². The highest BCUT2D eigenvalue weighted by molar-refractivity contribution is 7.99. The Bertz CT molecular complexity index is 312. The van der Waals surface area contributed by atoms with E-state index in [-0.39, 0.29) is 0 Å². The van der Waals surface area contributed by atoms with Gasteiger partial charge in [-0.2, -0.15) is 5.26 Å². The highest BCUT2D eigenvalue weighted by Crippen LogP contribution is 2.16. The van der Waals surface area contributed by atoms with Gasteiger partial charge >= 0.3 is 0 Å². The van der Waals surface area contributed by atoms with E-state index >= 15 is 0 Å². The van der Waals surface area contributed by atoms with E-state index in [1.165, 1.54) is 17.8 Å². The highest BCUT2D eigenvalue weighted by atomic mass is 32.2. The summed E-state index contributed by atoms with van der Waals surface area (Å²) in [7, 11) is 0. The second kappa shape index (κ2) is 4.52. The summed E-state index contributed by atoms with van der Waals surface area (Å²) < 4.78 is 0. The Morgan fingerprint density at radius 3 is 2.54 bits per heavy atom. The summed E-state index contributed by atoms with van der Waals surface area (Å²) in [6.45, 7) is 0. The first kappa shape index (κ1) is 9.61. The molecule has 0 aliphatic heterocycles. The van der Waals surface area contributed by atoms with E-state index < -0.39 is 0 Å². The van der Waals surface area contributed by atoms with Crippen LogP contribution in [0.2, 0.25) is 0 Å². The van der Waals surface area contributed by atoms with Crippen molar-refractivity contribution in [1.29, 1.82) is 5.26 Å². The normalized spacial score (nSPS) is 9.46. The molecule has 0 amide bonds. The van der Waals surface area contributed by atoms with Crippen molar-refractivity contribution in [3.8, 4) is 6.07 Å². The molecule has 13 heavy (non-hydrogen) atoms. The number of aromatic nitrogens is 2. The summed E-state index contributed by atoms with van der Waals surface area (Å²) in [5.74, 6) is 1.36.